The molecule has 0 bridgehead atoms. The van der Waals surface area contributed by atoms with Gasteiger partial charge in [0, 0.05) is 5.69 Å². The molecule has 0 aliphatic heterocycles. The predicted molar refractivity (Wildman–Crippen MR) is 66.7 cm³/mol. The van der Waals surface area contributed by atoms with Crippen LogP contribution < -0.4 is 10.5 Å². The Morgan fingerprint density at radius 2 is 2.22 bits per heavy atom. The number of rotatable bonds is 4. The molecule has 0 unspecified atom stereocenters. The van der Waals surface area contributed by atoms with Crippen LogP contribution in [-0.2, 0) is 0 Å². The second-order valence-electron chi connectivity index (χ2n) is 4.62. The fourth-order valence-electron chi connectivity index (χ4n) is 2.16. The van der Waals surface area contributed by atoms with E-state index in [1.54, 1.807) is 6.07 Å². The molecule has 0 atom stereocenters. The van der Waals surface area contributed by atoms with Crippen molar-refractivity contribution in [2.75, 3.05) is 6.61 Å². The number of ether oxygens (including phenoxy) is 1. The Kier molecular flexibility index (Phi) is 3.96. The van der Waals surface area contributed by atoms with Gasteiger partial charge in [0.2, 0.25) is 0 Å². The van der Waals surface area contributed by atoms with Gasteiger partial charge in [-0.05, 0) is 31.7 Å². The van der Waals surface area contributed by atoms with Crippen molar-refractivity contribution < 1.29 is 9.94 Å². The van der Waals surface area contributed by atoms with E-state index in [1.165, 1.54) is 25.7 Å². The summed E-state index contributed by atoms with van der Waals surface area (Å²) in [6.07, 6.45) is 4.97. The van der Waals surface area contributed by atoms with Crippen LogP contribution in [0.2, 0.25) is 0 Å². The van der Waals surface area contributed by atoms with Crippen molar-refractivity contribution in [3.63, 3.8) is 0 Å². The molecular formula is C12H18N4O2. The Morgan fingerprint density at radius 1 is 1.50 bits per heavy atom. The molecular weight excluding hydrogens is 232 g/mol. The zero-order chi connectivity index (χ0) is 13.0. The Labute approximate surface area is 106 Å². The first-order chi connectivity index (χ1) is 8.69. The van der Waals surface area contributed by atoms with Crippen LogP contribution in [0.3, 0.4) is 0 Å². The van der Waals surface area contributed by atoms with Gasteiger partial charge in [-0.15, -0.1) is 0 Å². The Bertz CT molecular complexity index is 442. The Morgan fingerprint density at radius 3 is 2.89 bits per heavy atom. The van der Waals surface area contributed by atoms with Crippen molar-refractivity contribution in [2.45, 2.75) is 32.6 Å². The molecule has 6 heteroatoms. The normalized spacial score (nSPS) is 17.1. The third-order valence-corrected chi connectivity index (χ3v) is 3.13. The number of hydrogen-bond acceptors (Lipinski definition) is 5. The first kappa shape index (κ1) is 12.6. The van der Waals surface area contributed by atoms with E-state index in [-0.39, 0.29) is 5.84 Å². The minimum Gasteiger partial charge on any atom is -0.463 e. The van der Waals surface area contributed by atoms with Crippen LogP contribution in [-0.4, -0.2) is 27.6 Å². The largest absolute Gasteiger partial charge is 0.463 e. The van der Waals surface area contributed by atoms with Crippen LogP contribution >= 0.6 is 0 Å². The van der Waals surface area contributed by atoms with E-state index < -0.39 is 0 Å². The van der Waals surface area contributed by atoms with Gasteiger partial charge in [-0.25, -0.2) is 4.98 Å². The standard InChI is InChI=1S/C12H18N4O2/c1-8-6-10(11(13)16-17)15-12(14-8)18-7-9-4-2-3-5-9/h6,9,17H,2-5,7H2,1H3,(H2,13,16). The second-order valence-corrected chi connectivity index (χ2v) is 4.62. The maximum atomic E-state index is 8.63. The summed E-state index contributed by atoms with van der Waals surface area (Å²) in [4.78, 5) is 8.30. The Balaban J connectivity index is 2.05. The number of aromatic nitrogens is 2. The molecule has 1 fully saturated rings. The molecule has 2 rings (SSSR count). The molecule has 3 N–H and O–H groups in total. The van der Waals surface area contributed by atoms with Crippen LogP contribution in [0, 0.1) is 12.8 Å². The molecule has 18 heavy (non-hydrogen) atoms. The van der Waals surface area contributed by atoms with Gasteiger partial charge < -0.3 is 15.7 Å². The van der Waals surface area contributed by atoms with Crippen molar-refractivity contribution in [3.8, 4) is 6.01 Å². The van der Waals surface area contributed by atoms with Gasteiger partial charge in [0.05, 0.1) is 6.61 Å². The summed E-state index contributed by atoms with van der Waals surface area (Å²) < 4.78 is 5.59. The molecule has 1 aliphatic carbocycles. The lowest BCUT2D eigenvalue weighted by atomic mass is 10.1. The summed E-state index contributed by atoms with van der Waals surface area (Å²) in [6.45, 7) is 2.46. The van der Waals surface area contributed by atoms with E-state index in [2.05, 4.69) is 15.1 Å². The van der Waals surface area contributed by atoms with Crippen LogP contribution in [0.4, 0.5) is 0 Å². The Hall–Kier alpha value is -1.85. The summed E-state index contributed by atoms with van der Waals surface area (Å²) in [5.41, 5.74) is 6.62. The molecule has 1 aromatic rings. The van der Waals surface area contributed by atoms with Gasteiger partial charge in [-0.3, -0.25) is 0 Å². The smallest absolute Gasteiger partial charge is 0.317 e. The lowest BCUT2D eigenvalue weighted by molar-refractivity contribution is 0.233. The third-order valence-electron chi connectivity index (χ3n) is 3.13. The summed E-state index contributed by atoms with van der Waals surface area (Å²) >= 11 is 0. The topological polar surface area (TPSA) is 93.6 Å². The number of hydrogen-bond donors (Lipinski definition) is 2. The van der Waals surface area contributed by atoms with Crippen molar-refractivity contribution in [2.24, 2.45) is 16.8 Å². The highest BCUT2D eigenvalue weighted by atomic mass is 16.5. The highest BCUT2D eigenvalue weighted by Gasteiger charge is 2.16. The van der Waals surface area contributed by atoms with Gasteiger partial charge in [0.15, 0.2) is 5.84 Å². The average molecular weight is 250 g/mol. The summed E-state index contributed by atoms with van der Waals surface area (Å²) in [6, 6.07) is 1.95. The van der Waals surface area contributed by atoms with Gasteiger partial charge >= 0.3 is 6.01 Å². The van der Waals surface area contributed by atoms with E-state index in [0.717, 1.165) is 5.69 Å². The highest BCUT2D eigenvalue weighted by molar-refractivity contribution is 5.95. The maximum Gasteiger partial charge on any atom is 0.317 e. The fraction of sp³-hybridized carbons (Fsp3) is 0.583. The molecule has 1 saturated carbocycles. The number of nitrogens with two attached hydrogens (primary N) is 1. The van der Waals surface area contributed by atoms with Crippen molar-refractivity contribution in [1.29, 1.82) is 0 Å². The minimum absolute atomic E-state index is 0.0359. The zero-order valence-electron chi connectivity index (χ0n) is 10.5. The molecule has 1 heterocycles. The first-order valence-electron chi connectivity index (χ1n) is 6.15. The lowest BCUT2D eigenvalue weighted by Gasteiger charge is -2.10. The van der Waals surface area contributed by atoms with Crippen LogP contribution in [0.1, 0.15) is 37.1 Å². The lowest BCUT2D eigenvalue weighted by Crippen LogP contribution is -2.17. The van der Waals surface area contributed by atoms with E-state index in [1.807, 2.05) is 6.92 Å². The zero-order valence-corrected chi connectivity index (χ0v) is 10.5. The summed E-state index contributed by atoms with van der Waals surface area (Å²) in [7, 11) is 0. The third kappa shape index (κ3) is 3.09. The number of nitrogens with zero attached hydrogens (tertiary/aromatic N) is 3. The summed E-state index contributed by atoms with van der Waals surface area (Å²) in [5, 5.41) is 11.6. The van der Waals surface area contributed by atoms with E-state index in [0.29, 0.717) is 24.2 Å². The van der Waals surface area contributed by atoms with Gasteiger partial charge in [-0.1, -0.05) is 18.0 Å². The summed E-state index contributed by atoms with van der Waals surface area (Å²) in [5.74, 6) is 0.563. The van der Waals surface area contributed by atoms with Crippen LogP contribution in [0.5, 0.6) is 6.01 Å². The fourth-order valence-corrected chi connectivity index (χ4v) is 2.16. The molecule has 0 spiro atoms. The van der Waals surface area contributed by atoms with Crippen molar-refractivity contribution in [3.05, 3.63) is 17.5 Å². The number of oxime groups is 1. The SMILES string of the molecule is Cc1cc(/C(N)=N/O)nc(OCC2CCCC2)n1. The average Bonchev–Trinajstić information content (AvgIpc) is 2.88. The van der Waals surface area contributed by atoms with Gasteiger partial charge in [-0.2, -0.15) is 4.98 Å². The number of aryl methyl sites for hydroxylation is 1. The van der Waals surface area contributed by atoms with E-state index in [4.69, 9.17) is 15.7 Å². The van der Waals surface area contributed by atoms with Crippen molar-refractivity contribution >= 4 is 5.84 Å². The second kappa shape index (κ2) is 5.66. The molecule has 0 aromatic carbocycles. The quantitative estimate of drug-likeness (QED) is 0.365. The molecule has 6 nitrogen and oxygen atoms in total. The van der Waals surface area contributed by atoms with Gasteiger partial charge in [0.25, 0.3) is 0 Å². The predicted octanol–water partition coefficient (Wildman–Crippen LogP) is 1.45. The molecule has 1 aromatic heterocycles. The van der Waals surface area contributed by atoms with Crippen LogP contribution in [0.25, 0.3) is 0 Å². The molecule has 0 radical (unpaired) electrons. The minimum atomic E-state index is -0.0359. The molecule has 1 aliphatic rings. The van der Waals surface area contributed by atoms with E-state index in [9.17, 15) is 0 Å². The van der Waals surface area contributed by atoms with Crippen LogP contribution in [0.15, 0.2) is 11.2 Å². The van der Waals surface area contributed by atoms with Gasteiger partial charge in [0.1, 0.15) is 5.69 Å². The monoisotopic (exact) mass is 250 g/mol. The van der Waals surface area contributed by atoms with E-state index >= 15 is 0 Å². The number of amidine groups is 1. The molecule has 0 saturated heterocycles. The molecule has 0 amide bonds. The highest BCUT2D eigenvalue weighted by Crippen LogP contribution is 2.25. The van der Waals surface area contributed by atoms with Crippen molar-refractivity contribution in [1.82, 2.24) is 9.97 Å². The molecule has 98 valence electrons. The first-order valence-corrected chi connectivity index (χ1v) is 6.15. The maximum absolute atomic E-state index is 8.63.